The number of nitrogens with one attached hydrogen (secondary N) is 1. The first kappa shape index (κ1) is 15.7. The topological polar surface area (TPSA) is 62.2 Å². The average molecular weight is 310 g/mol. The summed E-state index contributed by atoms with van der Waals surface area (Å²) in [5.74, 6) is -0.0977. The monoisotopic (exact) mass is 310 g/mol. The van der Waals surface area contributed by atoms with Crippen molar-refractivity contribution in [1.82, 2.24) is 10.3 Å². The molecule has 1 fully saturated rings. The summed E-state index contributed by atoms with van der Waals surface area (Å²) in [6, 6.07) is 11.8. The number of carbonyl (C=O) groups excluding carboxylic acids is 1. The molecule has 0 radical (unpaired) electrons. The molecule has 1 aliphatic carbocycles. The van der Waals surface area contributed by atoms with Crippen LogP contribution in [0.25, 0.3) is 11.1 Å². The molecule has 1 saturated carbocycles. The van der Waals surface area contributed by atoms with Crippen molar-refractivity contribution in [3.8, 4) is 11.1 Å². The van der Waals surface area contributed by atoms with Gasteiger partial charge in [-0.15, -0.1) is 0 Å². The van der Waals surface area contributed by atoms with Gasteiger partial charge in [-0.1, -0.05) is 36.8 Å². The predicted octanol–water partition coefficient (Wildman–Crippen LogP) is 3.03. The van der Waals surface area contributed by atoms with Crippen molar-refractivity contribution in [3.05, 3.63) is 54.4 Å². The van der Waals surface area contributed by atoms with Crippen LogP contribution in [0.1, 0.15) is 36.0 Å². The summed E-state index contributed by atoms with van der Waals surface area (Å²) in [5, 5.41) is 12.2. The predicted molar refractivity (Wildman–Crippen MR) is 90.0 cm³/mol. The Morgan fingerprint density at radius 3 is 2.61 bits per heavy atom. The van der Waals surface area contributed by atoms with Crippen LogP contribution in [0.4, 0.5) is 0 Å². The molecule has 1 aromatic heterocycles. The maximum absolute atomic E-state index is 12.4. The van der Waals surface area contributed by atoms with Gasteiger partial charge in [-0.05, 0) is 36.3 Å². The van der Waals surface area contributed by atoms with Crippen molar-refractivity contribution >= 4 is 5.91 Å². The molecule has 1 aromatic carbocycles. The normalized spacial score (nSPS) is 15.7. The van der Waals surface area contributed by atoms with Crippen molar-refractivity contribution in [2.45, 2.75) is 25.7 Å². The number of carbonyl (C=O) groups is 1. The highest BCUT2D eigenvalue weighted by atomic mass is 16.3. The molecule has 1 heterocycles. The van der Waals surface area contributed by atoms with E-state index in [0.29, 0.717) is 12.1 Å². The number of aromatic nitrogens is 1. The van der Waals surface area contributed by atoms with E-state index in [4.69, 9.17) is 0 Å². The first-order valence-electron chi connectivity index (χ1n) is 8.12. The van der Waals surface area contributed by atoms with E-state index in [1.807, 2.05) is 36.4 Å². The van der Waals surface area contributed by atoms with Gasteiger partial charge in [0.1, 0.15) is 0 Å². The Morgan fingerprint density at radius 2 is 1.96 bits per heavy atom. The van der Waals surface area contributed by atoms with Crippen LogP contribution in [0.15, 0.2) is 48.8 Å². The number of pyridine rings is 1. The number of aliphatic hydroxyl groups excluding tert-OH is 1. The molecule has 0 aliphatic heterocycles. The van der Waals surface area contributed by atoms with Gasteiger partial charge in [0.2, 0.25) is 0 Å². The standard InChI is InChI=1S/C19H22N2O2/c22-10-9-19(7-4-8-19)14-21-18(23)17-11-16(12-20-13-17)15-5-2-1-3-6-15/h1-3,5-6,11-13,22H,4,7-10,14H2,(H,21,23). The first-order valence-corrected chi connectivity index (χ1v) is 8.12. The summed E-state index contributed by atoms with van der Waals surface area (Å²) >= 11 is 0. The molecule has 1 aliphatic rings. The minimum Gasteiger partial charge on any atom is -0.396 e. The highest BCUT2D eigenvalue weighted by Gasteiger charge is 2.36. The minimum absolute atomic E-state index is 0.0921. The zero-order valence-corrected chi connectivity index (χ0v) is 13.2. The van der Waals surface area contributed by atoms with Gasteiger partial charge in [0.25, 0.3) is 5.91 Å². The number of amides is 1. The van der Waals surface area contributed by atoms with Gasteiger partial charge < -0.3 is 10.4 Å². The van der Waals surface area contributed by atoms with Crippen LogP contribution in [-0.4, -0.2) is 29.1 Å². The van der Waals surface area contributed by atoms with Gasteiger partial charge in [0.05, 0.1) is 5.56 Å². The van der Waals surface area contributed by atoms with E-state index in [1.165, 1.54) is 6.42 Å². The quantitative estimate of drug-likeness (QED) is 0.862. The molecule has 23 heavy (non-hydrogen) atoms. The number of hydrogen-bond donors (Lipinski definition) is 2. The van der Waals surface area contributed by atoms with E-state index < -0.39 is 0 Å². The molecule has 0 saturated heterocycles. The van der Waals surface area contributed by atoms with Gasteiger partial charge in [-0.3, -0.25) is 9.78 Å². The summed E-state index contributed by atoms with van der Waals surface area (Å²) in [6.45, 7) is 0.808. The lowest BCUT2D eigenvalue weighted by atomic mass is 9.67. The van der Waals surface area contributed by atoms with E-state index in [1.54, 1.807) is 12.4 Å². The molecule has 3 rings (SSSR count). The van der Waals surface area contributed by atoms with Gasteiger partial charge in [-0.2, -0.15) is 0 Å². The van der Waals surface area contributed by atoms with E-state index in [9.17, 15) is 9.90 Å². The Bertz CT molecular complexity index is 666. The molecule has 0 unspecified atom stereocenters. The SMILES string of the molecule is O=C(NCC1(CCO)CCC1)c1cncc(-c2ccccc2)c1. The van der Waals surface area contributed by atoms with E-state index in [0.717, 1.165) is 30.4 Å². The van der Waals surface area contributed by atoms with Gasteiger partial charge in [0.15, 0.2) is 0 Å². The van der Waals surface area contributed by atoms with Crippen LogP contribution in [0.5, 0.6) is 0 Å². The van der Waals surface area contributed by atoms with E-state index in [2.05, 4.69) is 10.3 Å². The molecular weight excluding hydrogens is 288 g/mol. The van der Waals surface area contributed by atoms with Crippen molar-refractivity contribution in [2.24, 2.45) is 5.41 Å². The molecule has 0 spiro atoms. The molecule has 2 N–H and O–H groups in total. The van der Waals surface area contributed by atoms with Crippen molar-refractivity contribution in [1.29, 1.82) is 0 Å². The summed E-state index contributed by atoms with van der Waals surface area (Å²) in [7, 11) is 0. The maximum atomic E-state index is 12.4. The van der Waals surface area contributed by atoms with Crippen molar-refractivity contribution in [2.75, 3.05) is 13.2 Å². The third-order valence-corrected chi connectivity index (χ3v) is 4.79. The van der Waals surface area contributed by atoms with Crippen LogP contribution in [0, 0.1) is 5.41 Å². The zero-order valence-electron chi connectivity index (χ0n) is 13.2. The number of hydrogen-bond acceptors (Lipinski definition) is 3. The Labute approximate surface area is 136 Å². The van der Waals surface area contributed by atoms with E-state index in [-0.39, 0.29) is 17.9 Å². The van der Waals surface area contributed by atoms with Crippen LogP contribution < -0.4 is 5.32 Å². The Hall–Kier alpha value is -2.20. The molecule has 0 bridgehead atoms. The van der Waals surface area contributed by atoms with Gasteiger partial charge in [-0.25, -0.2) is 0 Å². The molecule has 0 atom stereocenters. The number of aliphatic hydroxyl groups is 1. The van der Waals surface area contributed by atoms with Crippen LogP contribution in [0.3, 0.4) is 0 Å². The van der Waals surface area contributed by atoms with Crippen molar-refractivity contribution in [3.63, 3.8) is 0 Å². The second kappa shape index (κ2) is 6.92. The van der Waals surface area contributed by atoms with Crippen LogP contribution in [-0.2, 0) is 0 Å². The van der Waals surface area contributed by atoms with Gasteiger partial charge in [0, 0.05) is 31.1 Å². The number of benzene rings is 1. The lowest BCUT2D eigenvalue weighted by molar-refractivity contribution is 0.0732. The Kier molecular flexibility index (Phi) is 4.72. The molecule has 1 amide bonds. The third kappa shape index (κ3) is 3.59. The molecule has 4 heteroatoms. The lowest BCUT2D eigenvalue weighted by Gasteiger charge is -2.41. The zero-order chi connectivity index (χ0) is 16.1. The lowest BCUT2D eigenvalue weighted by Crippen LogP contribution is -2.42. The number of nitrogens with zero attached hydrogens (tertiary/aromatic N) is 1. The Balaban J connectivity index is 1.68. The molecule has 2 aromatic rings. The molecular formula is C19H22N2O2. The van der Waals surface area contributed by atoms with Crippen LogP contribution in [0.2, 0.25) is 0 Å². The number of rotatable bonds is 6. The van der Waals surface area contributed by atoms with Gasteiger partial charge >= 0.3 is 0 Å². The summed E-state index contributed by atoms with van der Waals surface area (Å²) < 4.78 is 0. The first-order chi connectivity index (χ1) is 11.2. The Morgan fingerprint density at radius 1 is 1.17 bits per heavy atom. The highest BCUT2D eigenvalue weighted by molar-refractivity contribution is 5.95. The fourth-order valence-electron chi connectivity index (χ4n) is 3.15. The largest absolute Gasteiger partial charge is 0.396 e. The fraction of sp³-hybridized carbons (Fsp3) is 0.368. The summed E-state index contributed by atoms with van der Waals surface area (Å²) in [5.41, 5.74) is 2.65. The van der Waals surface area contributed by atoms with Crippen molar-refractivity contribution < 1.29 is 9.90 Å². The van der Waals surface area contributed by atoms with Crippen LogP contribution >= 0.6 is 0 Å². The maximum Gasteiger partial charge on any atom is 0.252 e. The highest BCUT2D eigenvalue weighted by Crippen LogP contribution is 2.43. The summed E-state index contributed by atoms with van der Waals surface area (Å²) in [4.78, 5) is 16.6. The van der Waals surface area contributed by atoms with E-state index >= 15 is 0 Å². The third-order valence-electron chi connectivity index (χ3n) is 4.79. The fourth-order valence-corrected chi connectivity index (χ4v) is 3.15. The minimum atomic E-state index is -0.0977. The smallest absolute Gasteiger partial charge is 0.252 e. The average Bonchev–Trinajstić information content (AvgIpc) is 2.58. The second-order valence-electron chi connectivity index (χ2n) is 6.34. The molecule has 120 valence electrons. The molecule has 4 nitrogen and oxygen atoms in total. The summed E-state index contributed by atoms with van der Waals surface area (Å²) in [6.07, 6.45) is 7.47. The second-order valence-corrected chi connectivity index (χ2v) is 6.34.